The van der Waals surface area contributed by atoms with Gasteiger partial charge in [0.15, 0.2) is 0 Å². The van der Waals surface area contributed by atoms with Crippen LogP contribution in [0, 0.1) is 11.5 Å². The summed E-state index contributed by atoms with van der Waals surface area (Å²) in [5.41, 5.74) is 0. The first-order valence-electron chi connectivity index (χ1n) is 2.83. The van der Waals surface area contributed by atoms with E-state index >= 15 is 0 Å². The Bertz CT molecular complexity index is 196. The van der Waals surface area contributed by atoms with Gasteiger partial charge in [0, 0.05) is 0 Å². The summed E-state index contributed by atoms with van der Waals surface area (Å²) in [4.78, 5) is 0. The fourth-order valence-corrected chi connectivity index (χ4v) is 0.376. The van der Waals surface area contributed by atoms with Crippen LogP contribution in [0.25, 0.3) is 0 Å². The van der Waals surface area contributed by atoms with E-state index in [1.165, 1.54) is 0 Å². The van der Waals surface area contributed by atoms with Crippen molar-refractivity contribution in [1.29, 1.82) is 5.26 Å². The maximum absolute atomic E-state index is 8.04. The first-order chi connectivity index (χ1) is 4.81. The Morgan fingerprint density at radius 3 is 2.80 bits per heavy atom. The van der Waals surface area contributed by atoms with Crippen LogP contribution >= 0.6 is 0 Å². The minimum absolute atomic E-state index is 0.570. The second-order valence-electron chi connectivity index (χ2n) is 1.59. The first kappa shape index (κ1) is 8.51. The Morgan fingerprint density at radius 1 is 1.60 bits per heavy atom. The van der Waals surface area contributed by atoms with Crippen LogP contribution < -0.4 is 0 Å². The largest absolute Gasteiger partial charge is 0.393 e. The molecule has 0 bridgehead atoms. The summed E-state index contributed by atoms with van der Waals surface area (Å²) in [6, 6.07) is 0. The van der Waals surface area contributed by atoms with Gasteiger partial charge in [0.1, 0.15) is 5.76 Å². The number of nitrogens with zero attached hydrogens (tertiary/aromatic N) is 1. The van der Waals surface area contributed by atoms with Gasteiger partial charge < -0.3 is 4.74 Å². The molecule has 0 aliphatic heterocycles. The van der Waals surface area contributed by atoms with Gasteiger partial charge >= 0.3 is 0 Å². The van der Waals surface area contributed by atoms with Crippen molar-refractivity contribution in [1.82, 2.24) is 0 Å². The van der Waals surface area contributed by atoms with Crippen molar-refractivity contribution >= 4 is 0 Å². The highest BCUT2D eigenvalue weighted by atomic mass is 16.5. The van der Waals surface area contributed by atoms with E-state index < -0.39 is 0 Å². The summed E-state index contributed by atoms with van der Waals surface area (Å²) in [7, 11) is 0. The van der Waals surface area contributed by atoms with Crippen LogP contribution in [-0.2, 0) is 4.74 Å². The Balaban J connectivity index is 3.81. The highest BCUT2D eigenvalue weighted by Gasteiger charge is 1.80. The molecule has 0 unspecified atom stereocenters. The summed E-state index contributed by atoms with van der Waals surface area (Å²) in [6.07, 6.45) is 8.40. The summed E-state index contributed by atoms with van der Waals surface area (Å²) >= 11 is 0. The van der Waals surface area contributed by atoms with E-state index in [0.29, 0.717) is 5.76 Å². The Morgan fingerprint density at radius 2 is 2.30 bits per heavy atom. The third kappa shape index (κ3) is 4.66. The quantitative estimate of drug-likeness (QED) is 0.337. The molecule has 52 valence electrons. The fraction of sp³-hybridized carbons (Fsp3) is 0.125. The van der Waals surface area contributed by atoms with Gasteiger partial charge in [0.25, 0.3) is 6.26 Å². The number of nitriles is 1. The topological polar surface area (TPSA) is 33.0 Å². The zero-order chi connectivity index (χ0) is 7.82. The summed E-state index contributed by atoms with van der Waals surface area (Å²) in [5, 5.41) is 8.04. The van der Waals surface area contributed by atoms with Crippen LogP contribution in [0.2, 0.25) is 0 Å². The molecule has 0 aromatic heterocycles. The van der Waals surface area contributed by atoms with Crippen LogP contribution in [0.1, 0.15) is 6.92 Å². The Kier molecular flexibility index (Phi) is 4.80. The molecule has 0 aromatic carbocycles. The van der Waals surface area contributed by atoms with Gasteiger partial charge in [-0.3, -0.25) is 0 Å². The van der Waals surface area contributed by atoms with E-state index in [9.17, 15) is 0 Å². The lowest BCUT2D eigenvalue weighted by molar-refractivity contribution is 0.377. The van der Waals surface area contributed by atoms with Crippen molar-refractivity contribution in [3.63, 3.8) is 0 Å². The predicted molar refractivity (Wildman–Crippen MR) is 39.8 cm³/mol. The molecule has 0 amide bonds. The smallest absolute Gasteiger partial charge is 0.291 e. The van der Waals surface area contributed by atoms with E-state index in [1.54, 1.807) is 37.5 Å². The van der Waals surface area contributed by atoms with Gasteiger partial charge in [-0.1, -0.05) is 24.8 Å². The molecule has 0 saturated heterocycles. The molecule has 0 radical (unpaired) electrons. The molecule has 10 heavy (non-hydrogen) atoms. The average molecular weight is 135 g/mol. The summed E-state index contributed by atoms with van der Waals surface area (Å²) < 4.78 is 4.47. The molecule has 0 N–H and O–H groups in total. The van der Waals surface area contributed by atoms with Crippen LogP contribution in [0.3, 0.4) is 0 Å². The van der Waals surface area contributed by atoms with E-state index in [-0.39, 0.29) is 0 Å². The maximum Gasteiger partial charge on any atom is 0.291 e. The van der Waals surface area contributed by atoms with Crippen LogP contribution in [0.4, 0.5) is 0 Å². The standard InChI is InChI=1S/C8H9NO/c1-3-4-5-6-8(2)10-7-9/h3-6H,1H2,2H3/b5-4-,8-6+. The first-order valence-corrected chi connectivity index (χ1v) is 2.83. The summed E-state index contributed by atoms with van der Waals surface area (Å²) in [5.74, 6) is 0.570. The van der Waals surface area contributed by atoms with Crippen molar-refractivity contribution in [2.75, 3.05) is 0 Å². The van der Waals surface area contributed by atoms with Crippen LogP contribution in [-0.4, -0.2) is 0 Å². The molecule has 0 saturated carbocycles. The third-order valence-corrected chi connectivity index (χ3v) is 0.785. The number of hydrogen-bond acceptors (Lipinski definition) is 2. The molecular weight excluding hydrogens is 126 g/mol. The number of allylic oxidation sites excluding steroid dienone is 5. The van der Waals surface area contributed by atoms with Crippen molar-refractivity contribution in [2.45, 2.75) is 6.92 Å². The third-order valence-electron chi connectivity index (χ3n) is 0.785. The SMILES string of the molecule is C=C/C=C\C=C(/C)OC#N. The molecule has 2 heteroatoms. The molecule has 0 heterocycles. The van der Waals surface area contributed by atoms with E-state index in [2.05, 4.69) is 11.3 Å². The highest BCUT2D eigenvalue weighted by Crippen LogP contribution is 1.93. The van der Waals surface area contributed by atoms with Crippen molar-refractivity contribution < 1.29 is 4.74 Å². The lowest BCUT2D eigenvalue weighted by atomic mass is 10.4. The second-order valence-corrected chi connectivity index (χ2v) is 1.59. The molecule has 0 rings (SSSR count). The number of hydrogen-bond donors (Lipinski definition) is 0. The van der Waals surface area contributed by atoms with Crippen molar-refractivity contribution in [3.05, 3.63) is 36.6 Å². The highest BCUT2D eigenvalue weighted by molar-refractivity contribution is 5.11. The van der Waals surface area contributed by atoms with E-state index in [1.807, 2.05) is 0 Å². The molecule has 0 aliphatic rings. The van der Waals surface area contributed by atoms with Crippen molar-refractivity contribution in [3.8, 4) is 6.26 Å². The molecule has 0 fully saturated rings. The zero-order valence-corrected chi connectivity index (χ0v) is 5.87. The molecule has 2 nitrogen and oxygen atoms in total. The lowest BCUT2D eigenvalue weighted by Crippen LogP contribution is -1.74. The van der Waals surface area contributed by atoms with Gasteiger partial charge in [-0.25, -0.2) is 0 Å². The summed E-state index contributed by atoms with van der Waals surface area (Å²) in [6.45, 7) is 5.19. The Hall–Kier alpha value is -1.49. The number of rotatable bonds is 3. The molecule has 0 aromatic rings. The molecule has 0 spiro atoms. The second kappa shape index (κ2) is 5.64. The lowest BCUT2D eigenvalue weighted by Gasteiger charge is -1.88. The molecular formula is C8H9NO. The number of ether oxygens (including phenoxy) is 1. The average Bonchev–Trinajstić information content (AvgIpc) is 1.89. The van der Waals surface area contributed by atoms with Crippen molar-refractivity contribution in [2.24, 2.45) is 0 Å². The monoisotopic (exact) mass is 135 g/mol. The van der Waals surface area contributed by atoms with E-state index in [0.717, 1.165) is 0 Å². The van der Waals surface area contributed by atoms with Gasteiger partial charge in [0.05, 0.1) is 0 Å². The zero-order valence-electron chi connectivity index (χ0n) is 5.87. The molecule has 0 atom stereocenters. The van der Waals surface area contributed by atoms with Gasteiger partial charge in [0.2, 0.25) is 0 Å². The minimum atomic E-state index is 0.570. The van der Waals surface area contributed by atoms with Crippen LogP contribution in [0.5, 0.6) is 0 Å². The normalized spacial score (nSPS) is 11.0. The maximum atomic E-state index is 8.04. The van der Waals surface area contributed by atoms with E-state index in [4.69, 9.17) is 5.26 Å². The van der Waals surface area contributed by atoms with Crippen LogP contribution in [0.15, 0.2) is 36.6 Å². The van der Waals surface area contributed by atoms with Gasteiger partial charge in [-0.15, -0.1) is 5.26 Å². The molecule has 0 aliphatic carbocycles. The van der Waals surface area contributed by atoms with Gasteiger partial charge in [-0.05, 0) is 13.0 Å². The minimum Gasteiger partial charge on any atom is -0.393 e. The predicted octanol–water partition coefficient (Wildman–Crippen LogP) is 2.13. The Labute approximate surface area is 60.7 Å². The van der Waals surface area contributed by atoms with Gasteiger partial charge in [-0.2, -0.15) is 0 Å². The fourth-order valence-electron chi connectivity index (χ4n) is 0.376.